The summed E-state index contributed by atoms with van der Waals surface area (Å²) < 4.78 is 13.2. The smallest absolute Gasteiger partial charge is 0.125 e. The van der Waals surface area contributed by atoms with Crippen molar-refractivity contribution < 1.29 is 4.39 Å². The Morgan fingerprint density at radius 3 is 2.40 bits per heavy atom. The Labute approximate surface area is 120 Å². The maximum atomic E-state index is 13.2. The van der Waals surface area contributed by atoms with E-state index in [0.717, 1.165) is 12.1 Å². The molecule has 1 N–H and O–H groups in total. The Balaban J connectivity index is 2.02. The topological polar surface area (TPSA) is 12.0 Å². The zero-order valence-electron chi connectivity index (χ0n) is 12.4. The Kier molecular flexibility index (Phi) is 4.43. The molecule has 1 unspecified atom stereocenters. The van der Waals surface area contributed by atoms with E-state index < -0.39 is 0 Å². The summed E-state index contributed by atoms with van der Waals surface area (Å²) in [7, 11) is 0. The summed E-state index contributed by atoms with van der Waals surface area (Å²) >= 11 is 0. The number of hydrogen-bond acceptors (Lipinski definition) is 1. The van der Waals surface area contributed by atoms with Crippen molar-refractivity contribution in [2.24, 2.45) is 0 Å². The van der Waals surface area contributed by atoms with E-state index in [4.69, 9.17) is 0 Å². The van der Waals surface area contributed by atoms with Crippen LogP contribution >= 0.6 is 0 Å². The molecule has 0 bridgehead atoms. The number of rotatable bonds is 5. The van der Waals surface area contributed by atoms with Crippen molar-refractivity contribution >= 4 is 5.69 Å². The molecule has 1 nitrogen and oxygen atoms in total. The molecule has 0 aliphatic carbocycles. The van der Waals surface area contributed by atoms with Gasteiger partial charge in [-0.15, -0.1) is 0 Å². The average molecular weight is 271 g/mol. The van der Waals surface area contributed by atoms with Crippen LogP contribution in [0.3, 0.4) is 0 Å². The minimum absolute atomic E-state index is 0.0843. The summed E-state index contributed by atoms with van der Waals surface area (Å²) in [4.78, 5) is 0. The number of anilines is 1. The molecular weight excluding hydrogens is 249 g/mol. The van der Waals surface area contributed by atoms with Crippen LogP contribution in [0.15, 0.2) is 54.6 Å². The maximum Gasteiger partial charge on any atom is 0.125 e. The Morgan fingerprint density at radius 2 is 1.75 bits per heavy atom. The fourth-order valence-corrected chi connectivity index (χ4v) is 2.69. The standard InChI is InChI=1S/C18H22FN/c1-14(20-17-11-7-10-16(19)12-17)13-18(2,3)15-8-5-4-6-9-15/h4-12,14,20H,13H2,1-3H3. The minimum atomic E-state index is -0.204. The van der Waals surface area contributed by atoms with Gasteiger partial charge in [0.2, 0.25) is 0 Å². The zero-order chi connectivity index (χ0) is 14.6. The highest BCUT2D eigenvalue weighted by Crippen LogP contribution is 2.29. The summed E-state index contributed by atoms with van der Waals surface area (Å²) in [6, 6.07) is 17.4. The fraction of sp³-hybridized carbons (Fsp3) is 0.333. The van der Waals surface area contributed by atoms with Gasteiger partial charge in [0, 0.05) is 11.7 Å². The van der Waals surface area contributed by atoms with Gasteiger partial charge in [0.15, 0.2) is 0 Å². The van der Waals surface area contributed by atoms with Gasteiger partial charge in [0.25, 0.3) is 0 Å². The Bertz CT molecular complexity index is 548. The van der Waals surface area contributed by atoms with Gasteiger partial charge in [-0.25, -0.2) is 4.39 Å². The molecule has 0 saturated carbocycles. The molecule has 2 aromatic carbocycles. The Morgan fingerprint density at radius 1 is 1.05 bits per heavy atom. The molecule has 0 radical (unpaired) electrons. The first-order chi connectivity index (χ1) is 9.47. The average Bonchev–Trinajstić information content (AvgIpc) is 2.39. The molecule has 0 heterocycles. The van der Waals surface area contributed by atoms with E-state index in [1.54, 1.807) is 6.07 Å². The summed E-state index contributed by atoms with van der Waals surface area (Å²) in [5, 5.41) is 3.37. The predicted octanol–water partition coefficient (Wildman–Crippen LogP) is 4.99. The van der Waals surface area contributed by atoms with Crippen LogP contribution in [0.25, 0.3) is 0 Å². The highest BCUT2D eigenvalue weighted by Gasteiger charge is 2.23. The molecule has 0 aliphatic heterocycles. The molecular formula is C18H22FN. The first-order valence-corrected chi connectivity index (χ1v) is 7.05. The molecule has 0 saturated heterocycles. The second-order valence-electron chi connectivity index (χ2n) is 6.01. The van der Waals surface area contributed by atoms with Gasteiger partial charge < -0.3 is 5.32 Å². The number of hydrogen-bond donors (Lipinski definition) is 1. The second kappa shape index (κ2) is 6.08. The molecule has 106 valence electrons. The van der Waals surface area contributed by atoms with Crippen molar-refractivity contribution in [3.05, 3.63) is 66.0 Å². The van der Waals surface area contributed by atoms with Crippen molar-refractivity contribution in [3.63, 3.8) is 0 Å². The summed E-state index contributed by atoms with van der Waals surface area (Å²) in [5.41, 5.74) is 2.25. The minimum Gasteiger partial charge on any atom is -0.382 e. The molecule has 2 aromatic rings. The molecule has 0 aromatic heterocycles. The van der Waals surface area contributed by atoms with Crippen molar-refractivity contribution in [2.45, 2.75) is 38.6 Å². The zero-order valence-corrected chi connectivity index (χ0v) is 12.4. The molecule has 0 aliphatic rings. The van der Waals surface area contributed by atoms with E-state index in [2.05, 4.69) is 50.4 Å². The predicted molar refractivity (Wildman–Crippen MR) is 83.6 cm³/mol. The molecule has 0 spiro atoms. The van der Waals surface area contributed by atoms with Crippen molar-refractivity contribution in [1.29, 1.82) is 0 Å². The monoisotopic (exact) mass is 271 g/mol. The van der Waals surface area contributed by atoms with E-state index in [1.807, 2.05) is 12.1 Å². The normalized spacial score (nSPS) is 13.0. The lowest BCUT2D eigenvalue weighted by atomic mass is 9.79. The molecule has 1 atom stereocenters. The third kappa shape index (κ3) is 3.83. The third-order valence-corrected chi connectivity index (χ3v) is 3.61. The number of benzene rings is 2. The lowest BCUT2D eigenvalue weighted by Crippen LogP contribution is -2.27. The molecule has 0 fully saturated rings. The summed E-state index contributed by atoms with van der Waals surface area (Å²) in [5.74, 6) is -0.204. The lowest BCUT2D eigenvalue weighted by molar-refractivity contribution is 0.450. The number of nitrogens with one attached hydrogen (secondary N) is 1. The van der Waals surface area contributed by atoms with E-state index in [1.165, 1.54) is 17.7 Å². The van der Waals surface area contributed by atoms with E-state index in [0.29, 0.717) is 0 Å². The van der Waals surface area contributed by atoms with E-state index in [-0.39, 0.29) is 17.3 Å². The van der Waals surface area contributed by atoms with Gasteiger partial charge >= 0.3 is 0 Å². The van der Waals surface area contributed by atoms with Crippen LogP contribution in [0.5, 0.6) is 0 Å². The molecule has 2 rings (SSSR count). The van der Waals surface area contributed by atoms with Crippen molar-refractivity contribution in [3.8, 4) is 0 Å². The van der Waals surface area contributed by atoms with Crippen molar-refractivity contribution in [2.75, 3.05) is 5.32 Å². The van der Waals surface area contributed by atoms with E-state index in [9.17, 15) is 4.39 Å². The third-order valence-electron chi connectivity index (χ3n) is 3.61. The lowest BCUT2D eigenvalue weighted by Gasteiger charge is -2.29. The molecule has 20 heavy (non-hydrogen) atoms. The van der Waals surface area contributed by atoms with Gasteiger partial charge in [-0.2, -0.15) is 0 Å². The van der Waals surface area contributed by atoms with Gasteiger partial charge in [0.1, 0.15) is 5.82 Å². The highest BCUT2D eigenvalue weighted by atomic mass is 19.1. The van der Waals surface area contributed by atoms with Crippen LogP contribution in [-0.4, -0.2) is 6.04 Å². The van der Waals surface area contributed by atoms with E-state index >= 15 is 0 Å². The Hall–Kier alpha value is -1.83. The number of halogens is 1. The van der Waals surface area contributed by atoms with Crippen LogP contribution < -0.4 is 5.32 Å². The molecule has 0 amide bonds. The maximum absolute atomic E-state index is 13.2. The van der Waals surface area contributed by atoms with Gasteiger partial charge in [0.05, 0.1) is 0 Å². The summed E-state index contributed by atoms with van der Waals surface area (Å²) in [6.45, 7) is 6.62. The SMILES string of the molecule is CC(CC(C)(C)c1ccccc1)Nc1cccc(F)c1. The van der Waals surface area contributed by atoms with Crippen LogP contribution in [-0.2, 0) is 5.41 Å². The molecule has 2 heteroatoms. The van der Waals surface area contributed by atoms with Crippen molar-refractivity contribution in [1.82, 2.24) is 0 Å². The summed E-state index contributed by atoms with van der Waals surface area (Å²) in [6.07, 6.45) is 0.980. The first-order valence-electron chi connectivity index (χ1n) is 7.05. The van der Waals surface area contributed by atoms with Gasteiger partial charge in [-0.1, -0.05) is 50.2 Å². The second-order valence-corrected chi connectivity index (χ2v) is 6.01. The van der Waals surface area contributed by atoms with Crippen LogP contribution in [0.2, 0.25) is 0 Å². The van der Waals surface area contributed by atoms with Crippen LogP contribution in [0.4, 0.5) is 10.1 Å². The van der Waals surface area contributed by atoms with Crippen LogP contribution in [0, 0.1) is 5.82 Å². The van der Waals surface area contributed by atoms with Gasteiger partial charge in [-0.05, 0) is 42.5 Å². The van der Waals surface area contributed by atoms with Crippen LogP contribution in [0.1, 0.15) is 32.8 Å². The fourth-order valence-electron chi connectivity index (χ4n) is 2.69. The first kappa shape index (κ1) is 14.6. The largest absolute Gasteiger partial charge is 0.382 e. The van der Waals surface area contributed by atoms with Gasteiger partial charge in [-0.3, -0.25) is 0 Å². The quantitative estimate of drug-likeness (QED) is 0.807. The highest BCUT2D eigenvalue weighted by molar-refractivity contribution is 5.44.